The molecule has 0 amide bonds. The van der Waals surface area contributed by atoms with Crippen molar-refractivity contribution in [3.05, 3.63) is 16.7 Å². The van der Waals surface area contributed by atoms with Crippen LogP contribution in [-0.4, -0.2) is 27.6 Å². The molecule has 1 rings (SSSR count). The Morgan fingerprint density at radius 2 is 2.35 bits per heavy atom. The Labute approximate surface area is 106 Å². The molecule has 0 unspecified atom stereocenters. The molecule has 0 aliphatic heterocycles. The van der Waals surface area contributed by atoms with Crippen LogP contribution >= 0.6 is 11.6 Å². The number of hydrogen-bond donors (Lipinski definition) is 3. The van der Waals surface area contributed by atoms with Crippen LogP contribution in [0.1, 0.15) is 37.7 Å². The summed E-state index contributed by atoms with van der Waals surface area (Å²) in [6.07, 6.45) is 3.19. The number of aliphatic carboxylic acids is 1. The standard InChI is InChI=1S/C11H18ClN3O2/c1-2-3-4-9-14-8(11(12)15-9)7-13-6-5-10(16)17/h13H,2-7H2,1H3,(H,14,15)(H,16,17). The Morgan fingerprint density at radius 3 is 3.00 bits per heavy atom. The van der Waals surface area contributed by atoms with E-state index in [0.29, 0.717) is 18.2 Å². The molecule has 3 N–H and O–H groups in total. The number of unbranched alkanes of at least 4 members (excludes halogenated alkanes) is 1. The predicted octanol–water partition coefficient (Wildman–Crippen LogP) is 1.97. The maximum atomic E-state index is 10.3. The molecule has 1 aromatic rings. The molecule has 0 fully saturated rings. The zero-order chi connectivity index (χ0) is 12.7. The molecule has 0 radical (unpaired) electrons. The third-order valence-electron chi connectivity index (χ3n) is 2.36. The minimum atomic E-state index is -0.808. The second kappa shape index (κ2) is 7.29. The van der Waals surface area contributed by atoms with Crippen LogP contribution in [0.15, 0.2) is 0 Å². The molecule has 0 saturated carbocycles. The largest absolute Gasteiger partial charge is 0.481 e. The summed E-state index contributed by atoms with van der Waals surface area (Å²) in [6, 6.07) is 0. The Balaban J connectivity index is 2.37. The maximum absolute atomic E-state index is 10.3. The molecule has 0 aromatic carbocycles. The minimum Gasteiger partial charge on any atom is -0.481 e. The molecule has 0 saturated heterocycles. The van der Waals surface area contributed by atoms with Crippen molar-refractivity contribution in [2.24, 2.45) is 0 Å². The van der Waals surface area contributed by atoms with Crippen molar-refractivity contribution >= 4 is 17.6 Å². The number of nitrogens with one attached hydrogen (secondary N) is 2. The number of carboxylic acid groups (broad SMARTS) is 1. The third kappa shape index (κ3) is 5.19. The van der Waals surface area contributed by atoms with E-state index < -0.39 is 5.97 Å². The number of aryl methyl sites for hydroxylation is 1. The van der Waals surface area contributed by atoms with Crippen LogP contribution in [0.3, 0.4) is 0 Å². The van der Waals surface area contributed by atoms with Crippen LogP contribution in [-0.2, 0) is 17.8 Å². The molecular formula is C11H18ClN3O2. The van der Waals surface area contributed by atoms with E-state index in [4.69, 9.17) is 16.7 Å². The van der Waals surface area contributed by atoms with Gasteiger partial charge in [-0.3, -0.25) is 4.79 Å². The Bertz CT molecular complexity index is 366. The van der Waals surface area contributed by atoms with E-state index in [9.17, 15) is 4.79 Å². The molecule has 1 heterocycles. The van der Waals surface area contributed by atoms with Gasteiger partial charge in [0.15, 0.2) is 5.15 Å². The van der Waals surface area contributed by atoms with E-state index in [1.54, 1.807) is 0 Å². The minimum absolute atomic E-state index is 0.106. The number of hydrogen-bond acceptors (Lipinski definition) is 3. The lowest BCUT2D eigenvalue weighted by Crippen LogP contribution is -2.18. The molecule has 0 aliphatic carbocycles. The summed E-state index contributed by atoms with van der Waals surface area (Å²) in [7, 11) is 0. The zero-order valence-corrected chi connectivity index (χ0v) is 10.7. The summed E-state index contributed by atoms with van der Waals surface area (Å²) in [4.78, 5) is 17.7. The molecule has 0 bridgehead atoms. The van der Waals surface area contributed by atoms with Gasteiger partial charge in [-0.15, -0.1) is 0 Å². The lowest BCUT2D eigenvalue weighted by Gasteiger charge is -2.00. The Morgan fingerprint density at radius 1 is 1.59 bits per heavy atom. The summed E-state index contributed by atoms with van der Waals surface area (Å²) in [5, 5.41) is 12.0. The Kier molecular flexibility index (Phi) is 6.00. The van der Waals surface area contributed by atoms with Crippen molar-refractivity contribution in [2.45, 2.75) is 39.2 Å². The zero-order valence-electron chi connectivity index (χ0n) is 9.92. The SMILES string of the molecule is CCCCc1nc(Cl)c(CNCCC(=O)O)[nH]1. The van der Waals surface area contributed by atoms with E-state index in [0.717, 1.165) is 30.8 Å². The highest BCUT2D eigenvalue weighted by atomic mass is 35.5. The fraction of sp³-hybridized carbons (Fsp3) is 0.636. The van der Waals surface area contributed by atoms with E-state index in [2.05, 4.69) is 22.2 Å². The molecule has 0 aliphatic rings. The van der Waals surface area contributed by atoms with Gasteiger partial charge in [-0.25, -0.2) is 4.98 Å². The fourth-order valence-corrected chi connectivity index (χ4v) is 1.64. The molecule has 6 heteroatoms. The lowest BCUT2D eigenvalue weighted by atomic mass is 10.2. The van der Waals surface area contributed by atoms with Crippen molar-refractivity contribution < 1.29 is 9.90 Å². The summed E-state index contributed by atoms with van der Waals surface area (Å²) >= 11 is 5.97. The van der Waals surface area contributed by atoms with Gasteiger partial charge in [0.2, 0.25) is 0 Å². The number of nitrogens with zero attached hydrogens (tertiary/aromatic N) is 1. The second-order valence-electron chi connectivity index (χ2n) is 3.88. The van der Waals surface area contributed by atoms with Crippen molar-refractivity contribution in [3.8, 4) is 0 Å². The summed E-state index contributed by atoms with van der Waals surface area (Å²) in [5.41, 5.74) is 0.822. The van der Waals surface area contributed by atoms with Crippen LogP contribution in [0.4, 0.5) is 0 Å². The van der Waals surface area contributed by atoms with Crippen molar-refractivity contribution in [2.75, 3.05) is 6.54 Å². The van der Waals surface area contributed by atoms with Crippen molar-refractivity contribution in [3.63, 3.8) is 0 Å². The maximum Gasteiger partial charge on any atom is 0.304 e. The Hall–Kier alpha value is -1.07. The monoisotopic (exact) mass is 259 g/mol. The average Bonchev–Trinajstić information content (AvgIpc) is 2.62. The van der Waals surface area contributed by atoms with Crippen LogP contribution < -0.4 is 5.32 Å². The number of imidazole rings is 1. The summed E-state index contributed by atoms with van der Waals surface area (Å²) in [5.74, 6) is 0.0868. The number of aromatic nitrogens is 2. The smallest absolute Gasteiger partial charge is 0.304 e. The molecule has 0 spiro atoms. The number of halogens is 1. The predicted molar refractivity (Wildman–Crippen MR) is 66.2 cm³/mol. The quantitative estimate of drug-likeness (QED) is 0.624. The van der Waals surface area contributed by atoms with Gasteiger partial charge in [-0.2, -0.15) is 0 Å². The first-order valence-corrected chi connectivity index (χ1v) is 6.17. The van der Waals surface area contributed by atoms with Gasteiger partial charge in [0.1, 0.15) is 5.82 Å². The van der Waals surface area contributed by atoms with Gasteiger partial charge in [0.05, 0.1) is 12.1 Å². The molecule has 1 aromatic heterocycles. The van der Waals surface area contributed by atoms with Gasteiger partial charge in [0.25, 0.3) is 0 Å². The number of aromatic amines is 1. The number of H-pyrrole nitrogens is 1. The van der Waals surface area contributed by atoms with Crippen molar-refractivity contribution in [1.29, 1.82) is 0 Å². The third-order valence-corrected chi connectivity index (χ3v) is 2.67. The van der Waals surface area contributed by atoms with Crippen LogP contribution in [0.5, 0.6) is 0 Å². The molecule has 0 atom stereocenters. The number of carbonyl (C=O) groups is 1. The van der Waals surface area contributed by atoms with Crippen LogP contribution in [0.2, 0.25) is 5.15 Å². The number of carboxylic acids is 1. The molecule has 96 valence electrons. The summed E-state index contributed by atoms with van der Waals surface area (Å²) < 4.78 is 0. The first kappa shape index (κ1) is 14.0. The van der Waals surface area contributed by atoms with Crippen molar-refractivity contribution in [1.82, 2.24) is 15.3 Å². The van der Waals surface area contributed by atoms with Gasteiger partial charge in [-0.1, -0.05) is 24.9 Å². The first-order valence-electron chi connectivity index (χ1n) is 5.79. The highest BCUT2D eigenvalue weighted by molar-refractivity contribution is 6.30. The van der Waals surface area contributed by atoms with Gasteiger partial charge in [-0.05, 0) is 6.42 Å². The topological polar surface area (TPSA) is 78.0 Å². The van der Waals surface area contributed by atoms with Gasteiger partial charge >= 0.3 is 5.97 Å². The number of rotatable bonds is 8. The van der Waals surface area contributed by atoms with E-state index in [1.165, 1.54) is 0 Å². The highest BCUT2D eigenvalue weighted by Gasteiger charge is 2.07. The molecule has 17 heavy (non-hydrogen) atoms. The fourth-order valence-electron chi connectivity index (χ4n) is 1.43. The van der Waals surface area contributed by atoms with E-state index in [1.807, 2.05) is 0 Å². The van der Waals surface area contributed by atoms with Crippen LogP contribution in [0.25, 0.3) is 0 Å². The first-order chi connectivity index (χ1) is 8.13. The van der Waals surface area contributed by atoms with Crippen LogP contribution in [0, 0.1) is 0 Å². The summed E-state index contributed by atoms with van der Waals surface area (Å²) in [6.45, 7) is 3.07. The van der Waals surface area contributed by atoms with E-state index >= 15 is 0 Å². The van der Waals surface area contributed by atoms with Gasteiger partial charge in [0, 0.05) is 19.5 Å². The molecular weight excluding hydrogens is 242 g/mol. The second-order valence-corrected chi connectivity index (χ2v) is 4.23. The normalized spacial score (nSPS) is 10.7. The average molecular weight is 260 g/mol. The lowest BCUT2D eigenvalue weighted by molar-refractivity contribution is -0.136. The highest BCUT2D eigenvalue weighted by Crippen LogP contribution is 2.13. The van der Waals surface area contributed by atoms with E-state index in [-0.39, 0.29) is 6.42 Å². The van der Waals surface area contributed by atoms with Gasteiger partial charge < -0.3 is 15.4 Å². The molecule has 5 nitrogen and oxygen atoms in total.